The molecule has 7 aromatic heterocycles. The summed E-state index contributed by atoms with van der Waals surface area (Å²) in [6, 6.07) is 128. The summed E-state index contributed by atoms with van der Waals surface area (Å²) in [7, 11) is 0. The minimum absolute atomic E-state index is 0.598. The van der Waals surface area contributed by atoms with Crippen LogP contribution in [0.25, 0.3) is 225 Å². The normalized spacial score (nSPS) is 12.2. The Labute approximate surface area is 661 Å². The van der Waals surface area contributed by atoms with Gasteiger partial charge in [-0.25, -0.2) is 19.9 Å². The second-order valence-corrected chi connectivity index (χ2v) is 30.4. The van der Waals surface area contributed by atoms with Crippen LogP contribution in [0.1, 0.15) is 11.1 Å². The van der Waals surface area contributed by atoms with Gasteiger partial charge in [0.2, 0.25) is 11.9 Å². The summed E-state index contributed by atoms with van der Waals surface area (Å²) in [5.74, 6) is 1.22. The zero-order chi connectivity index (χ0) is 75.5. The molecule has 0 radical (unpaired) electrons. The predicted octanol–water partition coefficient (Wildman–Crippen LogP) is 28.2. The minimum Gasteiger partial charge on any atom is -0.456 e. The van der Waals surface area contributed by atoms with Gasteiger partial charge in [0.05, 0.1) is 55.5 Å². The van der Waals surface area contributed by atoms with E-state index in [9.17, 15) is 0 Å². The number of hydrogen-bond acceptors (Lipinski definition) is 6. The highest BCUT2D eigenvalue weighted by Crippen LogP contribution is 2.46. The molecule has 536 valence electrons. The molecule has 0 aliphatic heterocycles. The monoisotopic (exact) mass is 1490 g/mol. The van der Waals surface area contributed by atoms with Gasteiger partial charge in [-0.2, -0.15) is 0 Å². The van der Waals surface area contributed by atoms with E-state index in [0.717, 1.165) is 139 Å². The van der Waals surface area contributed by atoms with Gasteiger partial charge in [-0.3, -0.25) is 9.13 Å². The number of para-hydroxylation sites is 5. The van der Waals surface area contributed by atoms with Crippen LogP contribution in [0, 0.1) is 0 Å². The van der Waals surface area contributed by atoms with Gasteiger partial charge in [0, 0.05) is 91.9 Å². The van der Waals surface area contributed by atoms with Crippen molar-refractivity contribution in [2.45, 2.75) is 6.42 Å². The molecule has 18 aromatic carbocycles. The maximum atomic E-state index is 6.57. The van der Waals surface area contributed by atoms with Gasteiger partial charge in [-0.05, 0) is 157 Å². The van der Waals surface area contributed by atoms with Crippen molar-refractivity contribution in [2.75, 3.05) is 0 Å². The van der Waals surface area contributed by atoms with Crippen molar-refractivity contribution in [2.24, 2.45) is 0 Å². The van der Waals surface area contributed by atoms with E-state index in [4.69, 9.17) is 40.4 Å². The zero-order valence-corrected chi connectivity index (χ0v) is 62.4. The van der Waals surface area contributed by atoms with Gasteiger partial charge in [-0.15, -0.1) is 0 Å². The zero-order valence-electron chi connectivity index (χ0n) is 61.7. The number of aromatic nitrogens is 7. The molecule has 115 heavy (non-hydrogen) atoms. The first kappa shape index (κ1) is 64.8. The lowest BCUT2D eigenvalue weighted by Crippen LogP contribution is -2.04. The predicted molar refractivity (Wildman–Crippen MR) is 477 cm³/mol. The smallest absolute Gasteiger partial charge is 0.235 e. The molecule has 0 atom stereocenters. The summed E-state index contributed by atoms with van der Waals surface area (Å²) >= 11 is 6.57. The molecule has 0 N–H and O–H groups in total. The molecule has 0 saturated carbocycles. The molecular formula is C105H62ClN7O2. The van der Waals surface area contributed by atoms with E-state index >= 15 is 0 Å². The number of nitrogens with zero attached hydrogens (tertiary/aromatic N) is 7. The molecule has 26 rings (SSSR count). The molecule has 0 amide bonds. The summed E-state index contributed by atoms with van der Waals surface area (Å²) in [5, 5.41) is 24.1. The average molecular weight is 1490 g/mol. The van der Waals surface area contributed by atoms with E-state index in [0.29, 0.717) is 16.9 Å². The van der Waals surface area contributed by atoms with Gasteiger partial charge < -0.3 is 13.4 Å². The molecule has 9 nitrogen and oxygen atoms in total. The van der Waals surface area contributed by atoms with Crippen molar-refractivity contribution >= 4 is 186 Å². The molecule has 25 aromatic rings. The summed E-state index contributed by atoms with van der Waals surface area (Å²) < 4.78 is 19.4. The van der Waals surface area contributed by atoms with Gasteiger partial charge in [-0.1, -0.05) is 285 Å². The highest BCUT2D eigenvalue weighted by atomic mass is 35.5. The summed E-state index contributed by atoms with van der Waals surface area (Å²) in [6.45, 7) is 0. The Morgan fingerprint density at radius 3 is 1.30 bits per heavy atom. The lowest BCUT2D eigenvalue weighted by molar-refractivity contribution is 0.668. The third-order valence-electron chi connectivity index (χ3n) is 23.7. The topological polar surface area (TPSA) is 92.6 Å². The lowest BCUT2D eigenvalue weighted by Gasteiger charge is -2.13. The molecule has 0 saturated heterocycles. The highest BCUT2D eigenvalue weighted by Gasteiger charge is 2.26. The summed E-state index contributed by atoms with van der Waals surface area (Å²) in [6.07, 6.45) is 1.08. The molecular weight excluding hydrogens is 1430 g/mol. The summed E-state index contributed by atoms with van der Waals surface area (Å²) in [4.78, 5) is 21.2. The van der Waals surface area contributed by atoms with E-state index < -0.39 is 0 Å². The highest BCUT2D eigenvalue weighted by molar-refractivity contribution is 6.32. The van der Waals surface area contributed by atoms with Crippen LogP contribution in [0.4, 0.5) is 0 Å². The van der Waals surface area contributed by atoms with Crippen molar-refractivity contribution in [1.29, 1.82) is 0 Å². The molecule has 0 fully saturated rings. The third-order valence-corrected chi connectivity index (χ3v) is 23.9. The van der Waals surface area contributed by atoms with Crippen LogP contribution in [-0.4, -0.2) is 33.6 Å². The Balaban J connectivity index is 0.000000113. The van der Waals surface area contributed by atoms with Crippen LogP contribution in [0.3, 0.4) is 0 Å². The molecule has 0 bridgehead atoms. The minimum atomic E-state index is 0.598. The van der Waals surface area contributed by atoms with E-state index in [1.807, 2.05) is 60.7 Å². The number of halogens is 1. The maximum absolute atomic E-state index is 6.57. The van der Waals surface area contributed by atoms with Gasteiger partial charge in [0.15, 0.2) is 0 Å². The van der Waals surface area contributed by atoms with Crippen molar-refractivity contribution in [1.82, 2.24) is 33.6 Å². The third kappa shape index (κ3) is 10.1. The van der Waals surface area contributed by atoms with Crippen molar-refractivity contribution in [3.63, 3.8) is 0 Å². The maximum Gasteiger partial charge on any atom is 0.235 e. The van der Waals surface area contributed by atoms with Crippen molar-refractivity contribution in [3.05, 3.63) is 380 Å². The van der Waals surface area contributed by atoms with E-state index in [1.54, 1.807) is 0 Å². The van der Waals surface area contributed by atoms with Crippen LogP contribution in [-0.2, 0) is 6.42 Å². The molecule has 10 heteroatoms. The van der Waals surface area contributed by atoms with E-state index in [-0.39, 0.29) is 0 Å². The molecule has 0 unspecified atom stereocenters. The number of furan rings is 2. The van der Waals surface area contributed by atoms with Gasteiger partial charge in [0.1, 0.15) is 22.3 Å². The van der Waals surface area contributed by atoms with Crippen LogP contribution in [0.5, 0.6) is 0 Å². The average Bonchev–Trinajstić information content (AvgIpc) is 1.56. The molecule has 7 heterocycles. The molecule has 1 aliphatic rings. The Morgan fingerprint density at radius 2 is 0.696 bits per heavy atom. The fourth-order valence-corrected chi connectivity index (χ4v) is 18.7. The van der Waals surface area contributed by atoms with Crippen molar-refractivity contribution in [3.8, 4) is 51.2 Å². The quantitative estimate of drug-likeness (QED) is 0.170. The Morgan fingerprint density at radius 1 is 0.261 bits per heavy atom. The SMILES string of the molecule is Clc1ccc2c3c4ccccc4ccc3n(-c3nc(-c4ccc5c(c4)oc4ccccc45)c4ccccc4n3)c2c1.c1ccc2c(c1)Cc1c-2ccc2ccccc12.c1ccc2c(c1)ccc1c2c2ccc(-n3c4ccccc4c4ccc5ccccc5c43)cc2n1-c1nc(-c2ccc3c(c2)oc2ccccc23)c2ccccc2n1. The van der Waals surface area contributed by atoms with Crippen LogP contribution in [0.15, 0.2) is 373 Å². The largest absolute Gasteiger partial charge is 0.456 e. The van der Waals surface area contributed by atoms with E-state index in [1.165, 1.54) is 92.5 Å². The number of fused-ring (bicyclic) bond motifs is 28. The second kappa shape index (κ2) is 25.5. The second-order valence-electron chi connectivity index (χ2n) is 30.0. The fraction of sp³-hybridized carbons (Fsp3) is 0.00952. The van der Waals surface area contributed by atoms with Crippen LogP contribution in [0.2, 0.25) is 5.02 Å². The van der Waals surface area contributed by atoms with E-state index in [2.05, 4.69) is 317 Å². The first-order valence-corrected chi connectivity index (χ1v) is 39.3. The van der Waals surface area contributed by atoms with Gasteiger partial charge >= 0.3 is 0 Å². The number of hydrogen-bond donors (Lipinski definition) is 0. The van der Waals surface area contributed by atoms with Crippen molar-refractivity contribution < 1.29 is 8.83 Å². The van der Waals surface area contributed by atoms with Crippen LogP contribution < -0.4 is 0 Å². The Kier molecular flexibility index (Phi) is 14.4. The lowest BCUT2D eigenvalue weighted by atomic mass is 9.99. The number of benzene rings is 18. The number of rotatable bonds is 5. The fourth-order valence-electron chi connectivity index (χ4n) is 18.5. The van der Waals surface area contributed by atoms with Gasteiger partial charge in [0.25, 0.3) is 0 Å². The first-order chi connectivity index (χ1) is 56.9. The first-order valence-electron chi connectivity index (χ1n) is 38.9. The molecule has 1 aliphatic carbocycles. The standard InChI is InChI=1S/C52H30N4O.C36H20ClN3O.C17H12/c1-3-13-35-31(11-1)23-28-45-49(35)42-27-24-34(55-44-19-9-6-15-37(44)40-26-21-32-12-2-4-14-36(32)51(40)55)30-46(42)56(45)52-53-43-18-8-5-17-41(43)50(54-52)33-22-25-39-38-16-7-10-20-47(38)57-48(39)29-33;37-23-15-17-28-31(20-23)40(30-18-14-21-7-1-2-8-24(21)34(28)30)36-38-29-11-5-3-10-27(29)35(39-36)22-13-16-26-25-9-4-6-12-32(25)41-33(26)19-22;1-3-7-14-12(5-1)9-10-16-15-8-4-2-6-13(15)11-17(14)16/h1-30H;1-20H;1-10H,11H2. The van der Waals surface area contributed by atoms with Crippen LogP contribution >= 0.6 is 11.6 Å². The summed E-state index contributed by atoms with van der Waals surface area (Å²) in [5.41, 5.74) is 22.2. The molecule has 0 spiro atoms. The Hall–Kier alpha value is -15.0. The Bertz CT molecular complexity index is 8450.